The third-order valence-electron chi connectivity index (χ3n) is 5.23. The predicted molar refractivity (Wildman–Crippen MR) is 104 cm³/mol. The zero-order chi connectivity index (χ0) is 17.9. The van der Waals surface area contributed by atoms with Gasteiger partial charge in [-0.2, -0.15) is 0 Å². The highest BCUT2D eigenvalue weighted by atomic mass is 16.2. The van der Waals surface area contributed by atoms with Crippen molar-refractivity contribution in [3.8, 4) is 5.69 Å². The van der Waals surface area contributed by atoms with E-state index >= 15 is 0 Å². The quantitative estimate of drug-likeness (QED) is 0.790. The molecule has 0 radical (unpaired) electrons. The number of nitrogens with zero attached hydrogens (tertiary/aromatic N) is 3. The summed E-state index contributed by atoms with van der Waals surface area (Å²) in [6, 6.07) is 16.1. The molecular weight excluding hydrogens is 324 g/mol. The number of rotatable bonds is 3. The predicted octanol–water partition coefficient (Wildman–Crippen LogP) is 3.24. The molecule has 26 heavy (non-hydrogen) atoms. The molecule has 3 aromatic rings. The summed E-state index contributed by atoms with van der Waals surface area (Å²) in [7, 11) is 1.91. The minimum absolute atomic E-state index is 0.0840. The molecule has 0 bridgehead atoms. The van der Waals surface area contributed by atoms with E-state index in [4.69, 9.17) is 0 Å². The van der Waals surface area contributed by atoms with E-state index in [-0.39, 0.29) is 11.9 Å². The SMILES string of the molecule is CN(C(=O)c1ccc(-n2cnc3ccccc32)cc1)C1CCCCNC1. The summed E-state index contributed by atoms with van der Waals surface area (Å²) in [5, 5.41) is 3.43. The van der Waals surface area contributed by atoms with Gasteiger partial charge in [-0.3, -0.25) is 9.36 Å². The number of benzene rings is 2. The van der Waals surface area contributed by atoms with Gasteiger partial charge in [-0.15, -0.1) is 0 Å². The molecule has 2 heterocycles. The van der Waals surface area contributed by atoms with Crippen LogP contribution in [0.4, 0.5) is 0 Å². The van der Waals surface area contributed by atoms with Gasteiger partial charge in [0, 0.05) is 30.9 Å². The number of carbonyl (C=O) groups excluding carboxylic acids is 1. The summed E-state index contributed by atoms with van der Waals surface area (Å²) in [5.74, 6) is 0.0840. The summed E-state index contributed by atoms with van der Waals surface area (Å²) in [6.45, 7) is 1.92. The van der Waals surface area contributed by atoms with Crippen LogP contribution >= 0.6 is 0 Å². The van der Waals surface area contributed by atoms with Crippen molar-refractivity contribution < 1.29 is 4.79 Å². The molecule has 134 valence electrons. The van der Waals surface area contributed by atoms with Crippen molar-refractivity contribution in [2.75, 3.05) is 20.1 Å². The second-order valence-corrected chi connectivity index (χ2v) is 6.92. The molecule has 1 aromatic heterocycles. The van der Waals surface area contributed by atoms with E-state index in [1.165, 1.54) is 12.8 Å². The first-order valence-corrected chi connectivity index (χ1v) is 9.24. The Kier molecular flexibility index (Phi) is 4.71. The first-order chi connectivity index (χ1) is 12.7. The largest absolute Gasteiger partial charge is 0.337 e. The average Bonchev–Trinajstić information content (AvgIpc) is 2.93. The van der Waals surface area contributed by atoms with E-state index in [9.17, 15) is 4.79 Å². The lowest BCUT2D eigenvalue weighted by molar-refractivity contribution is 0.0726. The molecule has 1 aliphatic rings. The molecule has 1 N–H and O–H groups in total. The fraction of sp³-hybridized carbons (Fsp3) is 0.333. The molecule has 5 nitrogen and oxygen atoms in total. The Morgan fingerprint density at radius 2 is 1.96 bits per heavy atom. The van der Waals surface area contributed by atoms with Crippen molar-refractivity contribution in [3.63, 3.8) is 0 Å². The number of likely N-dealkylation sites (N-methyl/N-ethyl adjacent to an activating group) is 1. The van der Waals surface area contributed by atoms with Crippen molar-refractivity contribution in [1.29, 1.82) is 0 Å². The maximum Gasteiger partial charge on any atom is 0.253 e. The molecule has 1 aliphatic heterocycles. The number of imidazole rings is 1. The lowest BCUT2D eigenvalue weighted by atomic mass is 10.1. The molecule has 0 spiro atoms. The van der Waals surface area contributed by atoms with Crippen molar-refractivity contribution in [3.05, 3.63) is 60.4 Å². The topological polar surface area (TPSA) is 50.2 Å². The maximum atomic E-state index is 12.8. The van der Waals surface area contributed by atoms with Crippen molar-refractivity contribution >= 4 is 16.9 Å². The Balaban J connectivity index is 1.54. The smallest absolute Gasteiger partial charge is 0.253 e. The maximum absolute atomic E-state index is 12.8. The summed E-state index contributed by atoms with van der Waals surface area (Å²) in [5.41, 5.74) is 3.76. The van der Waals surface area contributed by atoms with Gasteiger partial charge in [-0.05, 0) is 55.8 Å². The Bertz CT molecular complexity index is 892. The fourth-order valence-corrected chi connectivity index (χ4v) is 3.63. The van der Waals surface area contributed by atoms with Crippen LogP contribution < -0.4 is 5.32 Å². The summed E-state index contributed by atoms with van der Waals surface area (Å²) in [4.78, 5) is 19.2. The molecule has 4 rings (SSSR count). The standard InChI is InChI=1S/C21H24N4O/c1-24(18-6-4-5-13-22-14-18)21(26)16-9-11-17(12-10-16)25-15-23-19-7-2-3-8-20(19)25/h2-3,7-12,15,18,22H,4-6,13-14H2,1H3. The molecule has 5 heteroatoms. The van der Waals surface area contributed by atoms with E-state index in [0.29, 0.717) is 0 Å². The molecule has 0 aliphatic carbocycles. The minimum atomic E-state index is 0.0840. The van der Waals surface area contributed by atoms with Crippen LogP contribution in [0.5, 0.6) is 0 Å². The Morgan fingerprint density at radius 1 is 1.15 bits per heavy atom. The molecule has 1 atom stereocenters. The number of carbonyl (C=O) groups is 1. The van der Waals surface area contributed by atoms with Crippen LogP contribution in [0.1, 0.15) is 29.6 Å². The van der Waals surface area contributed by atoms with Crippen LogP contribution in [0.15, 0.2) is 54.9 Å². The normalized spacial score (nSPS) is 17.8. The van der Waals surface area contributed by atoms with Gasteiger partial charge in [0.25, 0.3) is 5.91 Å². The number of hydrogen-bond acceptors (Lipinski definition) is 3. The van der Waals surface area contributed by atoms with Crippen LogP contribution in [0.3, 0.4) is 0 Å². The Labute approximate surface area is 153 Å². The number of amides is 1. The van der Waals surface area contributed by atoms with Crippen molar-refractivity contribution in [1.82, 2.24) is 19.8 Å². The van der Waals surface area contributed by atoms with Crippen LogP contribution in [0.2, 0.25) is 0 Å². The van der Waals surface area contributed by atoms with Gasteiger partial charge < -0.3 is 10.2 Å². The molecule has 1 amide bonds. The minimum Gasteiger partial charge on any atom is -0.337 e. The van der Waals surface area contributed by atoms with Crippen LogP contribution in [-0.2, 0) is 0 Å². The van der Waals surface area contributed by atoms with Gasteiger partial charge in [0.15, 0.2) is 0 Å². The molecule has 1 saturated heterocycles. The van der Waals surface area contributed by atoms with E-state index in [1.54, 1.807) is 0 Å². The van der Waals surface area contributed by atoms with Crippen LogP contribution in [0, 0.1) is 0 Å². The zero-order valence-electron chi connectivity index (χ0n) is 15.1. The molecule has 1 unspecified atom stereocenters. The number of nitrogens with one attached hydrogen (secondary N) is 1. The molecule has 2 aromatic carbocycles. The third-order valence-corrected chi connectivity index (χ3v) is 5.23. The zero-order valence-corrected chi connectivity index (χ0v) is 15.1. The van der Waals surface area contributed by atoms with Gasteiger partial charge >= 0.3 is 0 Å². The van der Waals surface area contributed by atoms with Gasteiger partial charge in [0.2, 0.25) is 0 Å². The lowest BCUT2D eigenvalue weighted by Crippen LogP contribution is -2.42. The monoisotopic (exact) mass is 348 g/mol. The molecular formula is C21H24N4O. The van der Waals surface area contributed by atoms with Crippen LogP contribution in [0.25, 0.3) is 16.7 Å². The first-order valence-electron chi connectivity index (χ1n) is 9.24. The summed E-state index contributed by atoms with van der Waals surface area (Å²) in [6.07, 6.45) is 5.24. The summed E-state index contributed by atoms with van der Waals surface area (Å²) >= 11 is 0. The number of fused-ring (bicyclic) bond motifs is 1. The second-order valence-electron chi connectivity index (χ2n) is 6.92. The van der Waals surface area contributed by atoms with Gasteiger partial charge in [0.1, 0.15) is 6.33 Å². The van der Waals surface area contributed by atoms with Crippen molar-refractivity contribution in [2.45, 2.75) is 25.3 Å². The fourth-order valence-electron chi connectivity index (χ4n) is 3.63. The molecule has 0 saturated carbocycles. The Morgan fingerprint density at radius 3 is 2.81 bits per heavy atom. The van der Waals surface area contributed by atoms with Gasteiger partial charge in [0.05, 0.1) is 11.0 Å². The number of para-hydroxylation sites is 2. The van der Waals surface area contributed by atoms with Gasteiger partial charge in [-0.1, -0.05) is 18.6 Å². The van der Waals surface area contributed by atoms with Crippen molar-refractivity contribution in [2.24, 2.45) is 0 Å². The average molecular weight is 348 g/mol. The molecule has 1 fully saturated rings. The highest BCUT2D eigenvalue weighted by Gasteiger charge is 2.22. The van der Waals surface area contributed by atoms with Gasteiger partial charge in [-0.25, -0.2) is 4.98 Å². The highest BCUT2D eigenvalue weighted by molar-refractivity contribution is 5.94. The Hall–Kier alpha value is -2.66. The van der Waals surface area contributed by atoms with E-state index in [2.05, 4.69) is 10.3 Å². The number of aromatic nitrogens is 2. The van der Waals surface area contributed by atoms with E-state index < -0.39 is 0 Å². The second kappa shape index (κ2) is 7.30. The summed E-state index contributed by atoms with van der Waals surface area (Å²) < 4.78 is 2.04. The van der Waals surface area contributed by atoms with E-state index in [0.717, 1.165) is 41.8 Å². The van der Waals surface area contributed by atoms with E-state index in [1.807, 2.05) is 71.4 Å². The number of hydrogen-bond donors (Lipinski definition) is 1. The lowest BCUT2D eigenvalue weighted by Gasteiger charge is -2.27. The third kappa shape index (κ3) is 3.22. The highest BCUT2D eigenvalue weighted by Crippen LogP contribution is 2.19. The van der Waals surface area contributed by atoms with Crippen LogP contribution in [-0.4, -0.2) is 46.5 Å². The first kappa shape index (κ1) is 16.8.